The molecule has 0 saturated carbocycles. The molecule has 0 unspecified atom stereocenters. The summed E-state index contributed by atoms with van der Waals surface area (Å²) >= 11 is 0. The highest BCUT2D eigenvalue weighted by Crippen LogP contribution is 1.99. The largest absolute Gasteiger partial charge is 0.292 e. The van der Waals surface area contributed by atoms with Crippen LogP contribution in [0.3, 0.4) is 0 Å². The summed E-state index contributed by atoms with van der Waals surface area (Å²) < 4.78 is 0. The third-order valence-corrected chi connectivity index (χ3v) is 1.26. The molecule has 0 radical (unpaired) electrons. The average Bonchev–Trinajstić information content (AvgIpc) is 1.97. The van der Waals surface area contributed by atoms with Crippen molar-refractivity contribution in [2.24, 2.45) is 4.99 Å². The Hall–Kier alpha value is -1.11. The van der Waals surface area contributed by atoms with Crippen molar-refractivity contribution in [2.75, 3.05) is 6.54 Å². The molecule has 11 heavy (non-hydrogen) atoms. The van der Waals surface area contributed by atoms with Crippen LogP contribution in [0.5, 0.6) is 0 Å². The Morgan fingerprint density at radius 3 is 2.55 bits per heavy atom. The number of allylic oxidation sites excluding steroid dienone is 2. The lowest BCUT2D eigenvalue weighted by Gasteiger charge is -1.94. The summed E-state index contributed by atoms with van der Waals surface area (Å²) in [6.45, 7) is 13.8. The summed E-state index contributed by atoms with van der Waals surface area (Å²) in [5.74, 6) is 0. The monoisotopic (exact) mass is 149 g/mol. The van der Waals surface area contributed by atoms with Crippen LogP contribution < -0.4 is 0 Å². The van der Waals surface area contributed by atoms with Crippen molar-refractivity contribution in [3.63, 3.8) is 0 Å². The second-order valence-corrected chi connectivity index (χ2v) is 2.42. The van der Waals surface area contributed by atoms with Crippen LogP contribution in [0, 0.1) is 0 Å². The van der Waals surface area contributed by atoms with Crippen molar-refractivity contribution in [1.29, 1.82) is 0 Å². The van der Waals surface area contributed by atoms with Gasteiger partial charge in [-0.3, -0.25) is 4.99 Å². The molecule has 0 aliphatic carbocycles. The van der Waals surface area contributed by atoms with E-state index in [9.17, 15) is 0 Å². The van der Waals surface area contributed by atoms with Gasteiger partial charge in [-0.15, -0.1) is 6.58 Å². The summed E-state index contributed by atoms with van der Waals surface area (Å²) in [6, 6.07) is 0. The second kappa shape index (κ2) is 5.66. The van der Waals surface area contributed by atoms with E-state index in [1.165, 1.54) is 0 Å². The molecule has 0 amide bonds. The van der Waals surface area contributed by atoms with E-state index in [1.54, 1.807) is 6.21 Å². The molecule has 0 saturated heterocycles. The van der Waals surface area contributed by atoms with Gasteiger partial charge in [0.15, 0.2) is 0 Å². The summed E-state index contributed by atoms with van der Waals surface area (Å²) in [5.41, 5.74) is 1.86. The molecule has 60 valence electrons. The molecular formula is C10H15N. The Balaban J connectivity index is 3.65. The molecule has 0 aromatic carbocycles. The maximum atomic E-state index is 4.13. The van der Waals surface area contributed by atoms with Gasteiger partial charge in [0.1, 0.15) is 0 Å². The van der Waals surface area contributed by atoms with E-state index < -0.39 is 0 Å². The fourth-order valence-electron chi connectivity index (χ4n) is 0.451. The maximum absolute atomic E-state index is 4.13. The maximum Gasteiger partial charge on any atom is 0.0423 e. The van der Waals surface area contributed by atoms with Crippen molar-refractivity contribution >= 4 is 6.21 Å². The minimum absolute atomic E-state index is 0.788. The van der Waals surface area contributed by atoms with Crippen LogP contribution in [0.15, 0.2) is 42.0 Å². The third kappa shape index (κ3) is 5.34. The van der Waals surface area contributed by atoms with Gasteiger partial charge in [0.25, 0.3) is 0 Å². The topological polar surface area (TPSA) is 12.4 Å². The van der Waals surface area contributed by atoms with Crippen LogP contribution in [-0.2, 0) is 0 Å². The van der Waals surface area contributed by atoms with Gasteiger partial charge in [0.2, 0.25) is 0 Å². The van der Waals surface area contributed by atoms with Gasteiger partial charge in [-0.25, -0.2) is 0 Å². The lowest BCUT2D eigenvalue weighted by molar-refractivity contribution is 1.02. The average molecular weight is 149 g/mol. The Morgan fingerprint density at radius 2 is 2.09 bits per heavy atom. The van der Waals surface area contributed by atoms with Crippen molar-refractivity contribution in [3.8, 4) is 0 Å². The highest BCUT2D eigenvalue weighted by atomic mass is 14.7. The van der Waals surface area contributed by atoms with Crippen LogP contribution >= 0.6 is 0 Å². The predicted octanol–water partition coefficient (Wildman–Crippen LogP) is 2.77. The summed E-state index contributed by atoms with van der Waals surface area (Å²) in [5, 5.41) is 0. The Labute approximate surface area is 68.9 Å². The fraction of sp³-hybridized carbons (Fsp3) is 0.300. The molecule has 1 heteroatoms. The number of hydrogen-bond acceptors (Lipinski definition) is 1. The van der Waals surface area contributed by atoms with Crippen molar-refractivity contribution < 1.29 is 0 Å². The van der Waals surface area contributed by atoms with Gasteiger partial charge in [0.05, 0.1) is 0 Å². The molecule has 0 N–H and O–H groups in total. The smallest absolute Gasteiger partial charge is 0.0423 e. The molecule has 1 nitrogen and oxygen atoms in total. The molecule has 0 heterocycles. The summed E-state index contributed by atoms with van der Waals surface area (Å²) in [4.78, 5) is 4.13. The third-order valence-electron chi connectivity index (χ3n) is 1.26. The van der Waals surface area contributed by atoms with E-state index in [4.69, 9.17) is 0 Å². The minimum atomic E-state index is 0.788. The summed E-state index contributed by atoms with van der Waals surface area (Å²) in [6.07, 6.45) is 4.52. The number of hydrogen-bond donors (Lipinski definition) is 0. The molecule has 0 aliphatic rings. The number of aliphatic imine (C=N–C) groups is 1. The van der Waals surface area contributed by atoms with Crippen molar-refractivity contribution in [2.45, 2.75) is 13.3 Å². The zero-order valence-corrected chi connectivity index (χ0v) is 7.14. The molecule has 0 atom stereocenters. The Morgan fingerprint density at radius 1 is 1.45 bits per heavy atom. The van der Waals surface area contributed by atoms with Gasteiger partial charge in [-0.2, -0.15) is 0 Å². The quantitative estimate of drug-likeness (QED) is 0.247. The second-order valence-electron chi connectivity index (χ2n) is 2.42. The van der Waals surface area contributed by atoms with Gasteiger partial charge < -0.3 is 0 Å². The predicted molar refractivity (Wildman–Crippen MR) is 52.1 cm³/mol. The first kappa shape index (κ1) is 9.89. The Kier molecular flexibility index (Phi) is 5.09. The van der Waals surface area contributed by atoms with Crippen LogP contribution in [0.2, 0.25) is 0 Å². The lowest BCUT2D eigenvalue weighted by Crippen LogP contribution is -1.85. The zero-order chi connectivity index (χ0) is 8.69. The SMILES string of the molecule is C=CCCN=CC(=C)C(=C)C. The van der Waals surface area contributed by atoms with Crippen molar-refractivity contribution in [1.82, 2.24) is 0 Å². The highest BCUT2D eigenvalue weighted by molar-refractivity contribution is 5.83. The Bertz CT molecular complexity index is 187. The first-order valence-corrected chi connectivity index (χ1v) is 3.64. The van der Waals surface area contributed by atoms with Gasteiger partial charge in [-0.05, 0) is 18.9 Å². The van der Waals surface area contributed by atoms with E-state index in [-0.39, 0.29) is 0 Å². The molecule has 0 rings (SSSR count). The van der Waals surface area contributed by atoms with E-state index >= 15 is 0 Å². The zero-order valence-electron chi connectivity index (χ0n) is 7.14. The summed E-state index contributed by atoms with van der Waals surface area (Å²) in [7, 11) is 0. The molecular weight excluding hydrogens is 134 g/mol. The molecule has 0 bridgehead atoms. The normalized spacial score (nSPS) is 9.91. The van der Waals surface area contributed by atoms with E-state index in [0.717, 1.165) is 24.1 Å². The lowest BCUT2D eigenvalue weighted by atomic mass is 10.2. The minimum Gasteiger partial charge on any atom is -0.292 e. The standard InChI is InChI=1S/C10H15N/c1-5-6-7-11-8-10(4)9(2)3/h5,8H,1-2,4,6-7H2,3H3. The molecule has 0 aromatic rings. The van der Waals surface area contributed by atoms with Crippen LogP contribution in [0.4, 0.5) is 0 Å². The van der Waals surface area contributed by atoms with Gasteiger partial charge in [0, 0.05) is 12.8 Å². The van der Waals surface area contributed by atoms with Crippen LogP contribution in [0.1, 0.15) is 13.3 Å². The van der Waals surface area contributed by atoms with Gasteiger partial charge in [-0.1, -0.05) is 24.8 Å². The van der Waals surface area contributed by atoms with E-state index in [2.05, 4.69) is 24.7 Å². The molecule has 0 spiro atoms. The van der Waals surface area contributed by atoms with Crippen molar-refractivity contribution in [3.05, 3.63) is 37.0 Å². The molecule has 0 fully saturated rings. The van der Waals surface area contributed by atoms with Crippen LogP contribution in [0.25, 0.3) is 0 Å². The highest BCUT2D eigenvalue weighted by Gasteiger charge is 1.86. The number of nitrogens with zero attached hydrogens (tertiary/aromatic N) is 1. The fourth-order valence-corrected chi connectivity index (χ4v) is 0.451. The van der Waals surface area contributed by atoms with E-state index in [1.807, 2.05) is 13.0 Å². The first-order chi connectivity index (χ1) is 5.18. The number of rotatable bonds is 5. The van der Waals surface area contributed by atoms with Crippen LogP contribution in [-0.4, -0.2) is 12.8 Å². The first-order valence-electron chi connectivity index (χ1n) is 3.64. The van der Waals surface area contributed by atoms with Gasteiger partial charge >= 0.3 is 0 Å². The molecule has 0 aromatic heterocycles. The van der Waals surface area contributed by atoms with E-state index in [0.29, 0.717) is 0 Å². The molecule has 0 aliphatic heterocycles.